The maximum Gasteiger partial charge on any atom is 0.471 e. The van der Waals surface area contributed by atoms with Crippen molar-refractivity contribution in [1.82, 2.24) is 5.32 Å². The molecule has 2 amide bonds. The maximum atomic E-state index is 12.2. The highest BCUT2D eigenvalue weighted by Crippen LogP contribution is 2.19. The molecule has 23 heavy (non-hydrogen) atoms. The average Bonchev–Trinajstić information content (AvgIpc) is 2.44. The van der Waals surface area contributed by atoms with E-state index in [1.807, 2.05) is 20.8 Å². The highest BCUT2D eigenvalue weighted by atomic mass is 19.4. The molecule has 0 aliphatic carbocycles. The Kier molecular flexibility index (Phi) is 6.36. The molecule has 0 aliphatic rings. The lowest BCUT2D eigenvalue weighted by molar-refractivity contribution is -0.167. The zero-order chi connectivity index (χ0) is 17.6. The molecule has 1 rings (SSSR count). The molecule has 0 aliphatic heterocycles. The lowest BCUT2D eigenvalue weighted by Crippen LogP contribution is -2.30. The van der Waals surface area contributed by atoms with Gasteiger partial charge in [0.05, 0.1) is 0 Å². The van der Waals surface area contributed by atoms with Gasteiger partial charge in [-0.3, -0.25) is 9.59 Å². The minimum absolute atomic E-state index is 0.0213. The van der Waals surface area contributed by atoms with E-state index >= 15 is 0 Å². The van der Waals surface area contributed by atoms with Gasteiger partial charge in [-0.1, -0.05) is 31.6 Å². The molecule has 0 saturated carbocycles. The molecule has 0 bridgehead atoms. The summed E-state index contributed by atoms with van der Waals surface area (Å²) in [5.41, 5.74) is 1.52. The topological polar surface area (TPSA) is 58.2 Å². The van der Waals surface area contributed by atoms with Gasteiger partial charge in [-0.15, -0.1) is 0 Å². The molecule has 0 fully saturated rings. The lowest BCUT2D eigenvalue weighted by atomic mass is 10.1. The van der Waals surface area contributed by atoms with Crippen LogP contribution in [0.3, 0.4) is 0 Å². The number of benzene rings is 1. The Morgan fingerprint density at radius 1 is 1.26 bits per heavy atom. The smallest absolute Gasteiger partial charge is 0.348 e. The van der Waals surface area contributed by atoms with Gasteiger partial charge in [0, 0.05) is 18.3 Å². The molecular formula is C16H19F3N2O2. The number of halogens is 3. The van der Waals surface area contributed by atoms with Crippen LogP contribution in [0.2, 0.25) is 0 Å². The SMILES string of the molecule is C/C(=C\C(=O)NCc1cccc(NC(=O)C(F)(F)F)c1)C(C)C. The molecular weight excluding hydrogens is 309 g/mol. The largest absolute Gasteiger partial charge is 0.471 e. The van der Waals surface area contributed by atoms with E-state index in [9.17, 15) is 22.8 Å². The fraction of sp³-hybridized carbons (Fsp3) is 0.375. The monoisotopic (exact) mass is 328 g/mol. The van der Waals surface area contributed by atoms with Crippen molar-refractivity contribution < 1.29 is 22.8 Å². The molecule has 0 saturated heterocycles. The van der Waals surface area contributed by atoms with Crippen LogP contribution in [-0.2, 0) is 16.1 Å². The normalized spacial score (nSPS) is 12.2. The quantitative estimate of drug-likeness (QED) is 0.814. The van der Waals surface area contributed by atoms with Crippen molar-refractivity contribution >= 4 is 17.5 Å². The molecule has 0 aromatic heterocycles. The Morgan fingerprint density at radius 3 is 2.48 bits per heavy atom. The lowest BCUT2D eigenvalue weighted by Gasteiger charge is -2.10. The summed E-state index contributed by atoms with van der Waals surface area (Å²) in [5, 5.41) is 4.41. The van der Waals surface area contributed by atoms with Gasteiger partial charge >= 0.3 is 12.1 Å². The summed E-state index contributed by atoms with van der Waals surface area (Å²) < 4.78 is 36.6. The first-order chi connectivity index (χ1) is 10.6. The minimum atomic E-state index is -4.94. The first-order valence-electron chi connectivity index (χ1n) is 7.02. The van der Waals surface area contributed by atoms with E-state index < -0.39 is 12.1 Å². The van der Waals surface area contributed by atoms with Crippen molar-refractivity contribution in [2.75, 3.05) is 5.32 Å². The number of carbonyl (C=O) groups is 2. The van der Waals surface area contributed by atoms with E-state index in [4.69, 9.17) is 0 Å². The maximum absolute atomic E-state index is 12.2. The molecule has 7 heteroatoms. The molecule has 1 aromatic carbocycles. The van der Waals surface area contributed by atoms with Crippen LogP contribution in [-0.4, -0.2) is 18.0 Å². The fourth-order valence-electron chi connectivity index (χ4n) is 1.57. The van der Waals surface area contributed by atoms with E-state index in [1.165, 1.54) is 24.3 Å². The summed E-state index contributed by atoms with van der Waals surface area (Å²) in [4.78, 5) is 22.6. The Bertz CT molecular complexity index is 608. The summed E-state index contributed by atoms with van der Waals surface area (Å²) in [7, 11) is 0. The van der Waals surface area contributed by atoms with Crippen LogP contribution in [0.4, 0.5) is 18.9 Å². The molecule has 126 valence electrons. The van der Waals surface area contributed by atoms with Gasteiger partial charge in [0.2, 0.25) is 5.91 Å². The van der Waals surface area contributed by atoms with Crippen LogP contribution in [0.15, 0.2) is 35.9 Å². The van der Waals surface area contributed by atoms with Crippen LogP contribution < -0.4 is 10.6 Å². The summed E-state index contributed by atoms with van der Waals surface area (Å²) in [6, 6.07) is 5.87. The van der Waals surface area contributed by atoms with Crippen molar-refractivity contribution in [2.45, 2.75) is 33.5 Å². The third-order valence-electron chi connectivity index (χ3n) is 3.18. The summed E-state index contributed by atoms with van der Waals surface area (Å²) >= 11 is 0. The number of allylic oxidation sites excluding steroid dienone is 1. The highest BCUT2D eigenvalue weighted by Gasteiger charge is 2.38. The van der Waals surface area contributed by atoms with Crippen LogP contribution in [0, 0.1) is 5.92 Å². The van der Waals surface area contributed by atoms with E-state index in [0.717, 1.165) is 5.57 Å². The molecule has 0 spiro atoms. The predicted octanol–water partition coefficient (Wildman–Crippen LogP) is 3.41. The number of anilines is 1. The number of alkyl halides is 3. The van der Waals surface area contributed by atoms with E-state index in [2.05, 4.69) is 5.32 Å². The average molecular weight is 328 g/mol. The Labute approximate surface area is 132 Å². The number of amides is 2. The van der Waals surface area contributed by atoms with E-state index in [-0.39, 0.29) is 24.1 Å². The third-order valence-corrected chi connectivity index (χ3v) is 3.18. The zero-order valence-electron chi connectivity index (χ0n) is 13.1. The molecule has 1 aromatic rings. The second-order valence-electron chi connectivity index (χ2n) is 5.41. The van der Waals surface area contributed by atoms with Crippen molar-refractivity contribution in [2.24, 2.45) is 5.92 Å². The van der Waals surface area contributed by atoms with Crippen LogP contribution in [0.25, 0.3) is 0 Å². The highest BCUT2D eigenvalue weighted by molar-refractivity contribution is 5.95. The zero-order valence-corrected chi connectivity index (χ0v) is 13.1. The number of nitrogens with one attached hydrogen (secondary N) is 2. The minimum Gasteiger partial charge on any atom is -0.348 e. The van der Waals surface area contributed by atoms with E-state index in [1.54, 1.807) is 11.4 Å². The van der Waals surface area contributed by atoms with Crippen LogP contribution in [0.5, 0.6) is 0 Å². The fourth-order valence-corrected chi connectivity index (χ4v) is 1.57. The van der Waals surface area contributed by atoms with Crippen molar-refractivity contribution in [1.29, 1.82) is 0 Å². The van der Waals surface area contributed by atoms with Crippen molar-refractivity contribution in [3.63, 3.8) is 0 Å². The first kappa shape index (κ1) is 18.7. The number of rotatable bonds is 5. The molecule has 4 nitrogen and oxygen atoms in total. The first-order valence-corrected chi connectivity index (χ1v) is 7.02. The molecule has 0 radical (unpaired) electrons. The Hall–Kier alpha value is -2.31. The van der Waals surface area contributed by atoms with Gasteiger partial charge < -0.3 is 10.6 Å². The predicted molar refractivity (Wildman–Crippen MR) is 81.6 cm³/mol. The third kappa shape index (κ3) is 6.54. The Balaban J connectivity index is 2.66. The van der Waals surface area contributed by atoms with Crippen molar-refractivity contribution in [3.05, 3.63) is 41.5 Å². The van der Waals surface area contributed by atoms with Crippen LogP contribution >= 0.6 is 0 Å². The number of carbonyl (C=O) groups excluding carboxylic acids is 2. The summed E-state index contributed by atoms with van der Waals surface area (Å²) in [6.45, 7) is 5.92. The summed E-state index contributed by atoms with van der Waals surface area (Å²) in [5.74, 6) is -2.06. The second kappa shape index (κ2) is 7.80. The van der Waals surface area contributed by atoms with Gasteiger partial charge in [-0.05, 0) is 30.5 Å². The molecule has 0 heterocycles. The van der Waals surface area contributed by atoms with Gasteiger partial charge in [-0.25, -0.2) is 0 Å². The van der Waals surface area contributed by atoms with Gasteiger partial charge in [0.15, 0.2) is 0 Å². The summed E-state index contributed by atoms with van der Waals surface area (Å²) in [6.07, 6.45) is -3.46. The van der Waals surface area contributed by atoms with E-state index in [0.29, 0.717) is 5.56 Å². The molecule has 0 unspecified atom stereocenters. The molecule has 0 atom stereocenters. The van der Waals surface area contributed by atoms with Crippen LogP contribution in [0.1, 0.15) is 26.3 Å². The van der Waals surface area contributed by atoms with Gasteiger partial charge in [0.25, 0.3) is 0 Å². The number of hydrogen-bond donors (Lipinski definition) is 2. The number of hydrogen-bond acceptors (Lipinski definition) is 2. The van der Waals surface area contributed by atoms with Gasteiger partial charge in [-0.2, -0.15) is 13.2 Å². The van der Waals surface area contributed by atoms with Gasteiger partial charge in [0.1, 0.15) is 0 Å². The standard InChI is InChI=1S/C16H19F3N2O2/c1-10(2)11(3)7-14(22)20-9-12-5-4-6-13(8-12)21-15(23)16(17,18)19/h4-8,10H,9H2,1-3H3,(H,20,22)(H,21,23)/b11-7+. The second-order valence-corrected chi connectivity index (χ2v) is 5.41. The Morgan fingerprint density at radius 2 is 1.91 bits per heavy atom. The van der Waals surface area contributed by atoms with Crippen molar-refractivity contribution in [3.8, 4) is 0 Å². The molecule has 2 N–H and O–H groups in total.